The first-order valence-corrected chi connectivity index (χ1v) is 9.65. The van der Waals surface area contributed by atoms with Crippen molar-refractivity contribution in [2.45, 2.75) is 45.1 Å². The fourth-order valence-corrected chi connectivity index (χ4v) is 3.87. The molecule has 0 aliphatic carbocycles. The minimum Gasteiger partial charge on any atom is -0.480 e. The monoisotopic (exact) mass is 363 g/mol. The third-order valence-corrected chi connectivity index (χ3v) is 5.35. The van der Waals surface area contributed by atoms with E-state index < -0.39 is 12.0 Å². The number of hydrogen-bond donors (Lipinski definition) is 1. The largest absolute Gasteiger partial charge is 0.480 e. The van der Waals surface area contributed by atoms with E-state index in [0.717, 1.165) is 31.0 Å². The van der Waals surface area contributed by atoms with Gasteiger partial charge < -0.3 is 10.0 Å². The molecule has 2 atom stereocenters. The van der Waals surface area contributed by atoms with Crippen molar-refractivity contribution in [1.82, 2.24) is 4.90 Å². The maximum atomic E-state index is 12.3. The molecule has 1 amide bonds. The van der Waals surface area contributed by atoms with Gasteiger partial charge >= 0.3 is 5.97 Å². The number of likely N-dealkylation sites (tertiary alicyclic amines) is 1. The Morgan fingerprint density at radius 1 is 1.24 bits per heavy atom. The molecule has 6 heteroatoms. The van der Waals surface area contributed by atoms with Crippen LogP contribution in [0.15, 0.2) is 30.3 Å². The van der Waals surface area contributed by atoms with Crippen LogP contribution in [0.3, 0.4) is 0 Å². The van der Waals surface area contributed by atoms with Gasteiger partial charge in [-0.15, -0.1) is 0 Å². The molecule has 0 unspecified atom stereocenters. The molecule has 1 aromatic rings. The summed E-state index contributed by atoms with van der Waals surface area (Å²) in [5, 5.41) is 9.39. The lowest BCUT2D eigenvalue weighted by atomic mass is 9.97. The van der Waals surface area contributed by atoms with E-state index in [9.17, 15) is 19.5 Å². The highest BCUT2D eigenvalue weighted by Crippen LogP contribution is 2.28. The van der Waals surface area contributed by atoms with Crippen molar-refractivity contribution in [3.05, 3.63) is 35.9 Å². The van der Waals surface area contributed by atoms with Gasteiger partial charge in [0.2, 0.25) is 5.91 Å². The van der Waals surface area contributed by atoms with Gasteiger partial charge in [0, 0.05) is 25.6 Å². The number of thioether (sulfide) groups is 1. The predicted molar refractivity (Wildman–Crippen MR) is 98.4 cm³/mol. The topological polar surface area (TPSA) is 74.7 Å². The Kier molecular flexibility index (Phi) is 7.50. The second-order valence-electron chi connectivity index (χ2n) is 6.47. The van der Waals surface area contributed by atoms with Gasteiger partial charge in [0.15, 0.2) is 5.12 Å². The van der Waals surface area contributed by atoms with Crippen LogP contribution in [0.2, 0.25) is 0 Å². The number of amides is 1. The number of aliphatic carboxylic acids is 1. The zero-order valence-corrected chi connectivity index (χ0v) is 15.3. The molecule has 1 heterocycles. The minimum absolute atomic E-state index is 0.0252. The first kappa shape index (κ1) is 19.5. The van der Waals surface area contributed by atoms with Gasteiger partial charge in [0.1, 0.15) is 6.04 Å². The SMILES string of the molecule is CC(=O)SCCC(=O)N1C[C@@H](CCCc2ccccc2)C[C@H]1C(=O)O. The second kappa shape index (κ2) is 9.61. The quantitative estimate of drug-likeness (QED) is 0.768. The lowest BCUT2D eigenvalue weighted by Gasteiger charge is -2.21. The van der Waals surface area contributed by atoms with Gasteiger partial charge in [-0.3, -0.25) is 9.59 Å². The number of benzene rings is 1. The number of aryl methyl sites for hydroxylation is 1. The number of nitrogens with zero attached hydrogens (tertiary/aromatic N) is 1. The number of carbonyl (C=O) groups is 3. The van der Waals surface area contributed by atoms with Gasteiger partial charge in [0.25, 0.3) is 0 Å². The Hall–Kier alpha value is -1.82. The lowest BCUT2D eigenvalue weighted by molar-refractivity contribution is -0.148. The van der Waals surface area contributed by atoms with Crippen LogP contribution in [-0.2, 0) is 20.8 Å². The van der Waals surface area contributed by atoms with Crippen molar-refractivity contribution >= 4 is 28.8 Å². The Labute approximate surface area is 152 Å². The van der Waals surface area contributed by atoms with Crippen LogP contribution in [0.5, 0.6) is 0 Å². The van der Waals surface area contributed by atoms with Gasteiger partial charge in [-0.05, 0) is 37.2 Å². The standard InChI is InChI=1S/C19H25NO4S/c1-14(21)25-11-10-18(22)20-13-16(12-17(20)19(23)24)9-5-8-15-6-3-2-4-7-15/h2-4,6-7,16-17H,5,8-13H2,1H3,(H,23,24)/t16-,17-/m0/s1. The molecule has 0 bridgehead atoms. The van der Waals surface area contributed by atoms with E-state index in [2.05, 4.69) is 12.1 Å². The van der Waals surface area contributed by atoms with E-state index in [1.165, 1.54) is 17.4 Å². The molecule has 1 aliphatic heterocycles. The van der Waals surface area contributed by atoms with Crippen molar-refractivity contribution in [2.75, 3.05) is 12.3 Å². The number of hydrogen-bond acceptors (Lipinski definition) is 4. The van der Waals surface area contributed by atoms with Gasteiger partial charge in [0.05, 0.1) is 0 Å². The first-order chi connectivity index (χ1) is 12.0. The summed E-state index contributed by atoms with van der Waals surface area (Å²) >= 11 is 1.11. The Bertz CT molecular complexity index is 605. The Morgan fingerprint density at radius 2 is 1.96 bits per heavy atom. The van der Waals surface area contributed by atoms with Crippen LogP contribution in [0.1, 0.15) is 38.2 Å². The Morgan fingerprint density at radius 3 is 2.60 bits per heavy atom. The predicted octanol–water partition coefficient (Wildman–Crippen LogP) is 2.98. The molecule has 1 saturated heterocycles. The van der Waals surface area contributed by atoms with Gasteiger partial charge in [-0.1, -0.05) is 42.1 Å². The highest BCUT2D eigenvalue weighted by atomic mass is 32.2. The molecule has 0 aromatic heterocycles. The molecular formula is C19H25NO4S. The van der Waals surface area contributed by atoms with Crippen molar-refractivity contribution in [3.63, 3.8) is 0 Å². The van der Waals surface area contributed by atoms with E-state index in [-0.39, 0.29) is 23.4 Å². The molecule has 0 saturated carbocycles. The summed E-state index contributed by atoms with van der Waals surface area (Å²) in [6.45, 7) is 1.98. The zero-order chi connectivity index (χ0) is 18.2. The summed E-state index contributed by atoms with van der Waals surface area (Å²) in [7, 11) is 0. The third kappa shape index (κ3) is 6.20. The molecule has 1 fully saturated rings. The van der Waals surface area contributed by atoms with E-state index in [1.807, 2.05) is 18.2 Å². The molecule has 2 rings (SSSR count). The summed E-state index contributed by atoms with van der Waals surface area (Å²) < 4.78 is 0. The summed E-state index contributed by atoms with van der Waals surface area (Å²) in [6, 6.07) is 9.49. The molecule has 136 valence electrons. The number of rotatable bonds is 8. The highest BCUT2D eigenvalue weighted by molar-refractivity contribution is 8.13. The number of carboxylic acid groups (broad SMARTS) is 1. The molecular weight excluding hydrogens is 338 g/mol. The molecule has 1 N–H and O–H groups in total. The fraction of sp³-hybridized carbons (Fsp3) is 0.526. The van der Waals surface area contributed by atoms with Crippen molar-refractivity contribution < 1.29 is 19.5 Å². The van der Waals surface area contributed by atoms with Crippen LogP contribution in [0, 0.1) is 5.92 Å². The van der Waals surface area contributed by atoms with Crippen molar-refractivity contribution in [3.8, 4) is 0 Å². The van der Waals surface area contributed by atoms with Crippen LogP contribution in [0.25, 0.3) is 0 Å². The first-order valence-electron chi connectivity index (χ1n) is 8.67. The van der Waals surface area contributed by atoms with Crippen molar-refractivity contribution in [1.29, 1.82) is 0 Å². The number of carbonyl (C=O) groups excluding carboxylic acids is 2. The molecule has 0 radical (unpaired) electrons. The average molecular weight is 363 g/mol. The summed E-state index contributed by atoms with van der Waals surface area (Å²) in [4.78, 5) is 36.3. The van der Waals surface area contributed by atoms with Crippen LogP contribution in [-0.4, -0.2) is 45.3 Å². The summed E-state index contributed by atoms with van der Waals surface area (Å²) in [5.41, 5.74) is 1.28. The number of carboxylic acids is 1. The molecule has 0 spiro atoms. The van der Waals surface area contributed by atoms with Crippen molar-refractivity contribution in [2.24, 2.45) is 5.92 Å². The van der Waals surface area contributed by atoms with Crippen LogP contribution < -0.4 is 0 Å². The highest BCUT2D eigenvalue weighted by Gasteiger charge is 2.38. The van der Waals surface area contributed by atoms with Crippen LogP contribution in [0.4, 0.5) is 0 Å². The van der Waals surface area contributed by atoms with E-state index in [1.54, 1.807) is 0 Å². The second-order valence-corrected chi connectivity index (χ2v) is 7.74. The average Bonchev–Trinajstić information content (AvgIpc) is 3.00. The summed E-state index contributed by atoms with van der Waals surface area (Å²) in [6.07, 6.45) is 3.62. The van der Waals surface area contributed by atoms with E-state index in [4.69, 9.17) is 0 Å². The molecule has 25 heavy (non-hydrogen) atoms. The molecule has 5 nitrogen and oxygen atoms in total. The Balaban J connectivity index is 1.83. The lowest BCUT2D eigenvalue weighted by Crippen LogP contribution is -2.40. The van der Waals surface area contributed by atoms with Gasteiger partial charge in [-0.2, -0.15) is 0 Å². The molecule has 1 aromatic carbocycles. The van der Waals surface area contributed by atoms with Crippen LogP contribution >= 0.6 is 11.8 Å². The third-order valence-electron chi connectivity index (χ3n) is 4.54. The fourth-order valence-electron chi connectivity index (χ4n) is 3.31. The maximum Gasteiger partial charge on any atom is 0.326 e. The maximum absolute atomic E-state index is 12.3. The van der Waals surface area contributed by atoms with Gasteiger partial charge in [-0.25, -0.2) is 4.79 Å². The van der Waals surface area contributed by atoms with E-state index >= 15 is 0 Å². The zero-order valence-electron chi connectivity index (χ0n) is 14.5. The van der Waals surface area contributed by atoms with E-state index in [0.29, 0.717) is 18.7 Å². The molecule has 1 aliphatic rings. The smallest absolute Gasteiger partial charge is 0.326 e. The minimum atomic E-state index is -0.932. The normalized spacial score (nSPS) is 19.8. The summed E-state index contributed by atoms with van der Waals surface area (Å²) in [5.74, 6) is -0.450.